The van der Waals surface area contributed by atoms with Crippen molar-refractivity contribution in [3.63, 3.8) is 0 Å². The summed E-state index contributed by atoms with van der Waals surface area (Å²) in [7, 11) is 0. The highest BCUT2D eigenvalue weighted by Gasteiger charge is 2.21. The number of para-hydroxylation sites is 1. The molecule has 5 nitrogen and oxygen atoms in total. The van der Waals surface area contributed by atoms with Crippen molar-refractivity contribution in [1.82, 2.24) is 0 Å². The standard InChI is InChI=1S/C12H12O5/c13-9-4-6-17-12-8(9)2-1-3-10(12)16-7-5-11(14)15/h1-3H,4-7H2,(H,14,15). The lowest BCUT2D eigenvalue weighted by Crippen LogP contribution is -2.16. The van der Waals surface area contributed by atoms with E-state index in [2.05, 4.69) is 0 Å². The summed E-state index contributed by atoms with van der Waals surface area (Å²) in [5, 5.41) is 8.51. The van der Waals surface area contributed by atoms with Crippen molar-refractivity contribution in [3.05, 3.63) is 23.8 Å². The van der Waals surface area contributed by atoms with Gasteiger partial charge in [-0.25, -0.2) is 0 Å². The maximum absolute atomic E-state index is 11.6. The van der Waals surface area contributed by atoms with Gasteiger partial charge in [0.1, 0.15) is 0 Å². The minimum atomic E-state index is -0.924. The normalized spacial score (nSPS) is 13.8. The van der Waals surface area contributed by atoms with Gasteiger partial charge in [0.2, 0.25) is 0 Å². The van der Waals surface area contributed by atoms with Crippen molar-refractivity contribution in [2.75, 3.05) is 13.2 Å². The number of ketones is 1. The average molecular weight is 236 g/mol. The zero-order chi connectivity index (χ0) is 12.3. The highest BCUT2D eigenvalue weighted by molar-refractivity contribution is 6.00. The number of rotatable bonds is 4. The fraction of sp³-hybridized carbons (Fsp3) is 0.333. The van der Waals surface area contributed by atoms with Crippen LogP contribution in [0.15, 0.2) is 18.2 Å². The van der Waals surface area contributed by atoms with Gasteiger partial charge in [0, 0.05) is 6.42 Å². The Hall–Kier alpha value is -2.04. The van der Waals surface area contributed by atoms with E-state index in [1.807, 2.05) is 0 Å². The predicted octanol–water partition coefficient (Wildman–Crippen LogP) is 1.51. The molecule has 2 rings (SSSR count). The number of ether oxygens (including phenoxy) is 2. The van der Waals surface area contributed by atoms with Gasteiger partial charge in [0.15, 0.2) is 17.3 Å². The minimum Gasteiger partial charge on any atom is -0.489 e. The second-order valence-corrected chi connectivity index (χ2v) is 3.65. The van der Waals surface area contributed by atoms with E-state index in [-0.39, 0.29) is 18.8 Å². The highest BCUT2D eigenvalue weighted by atomic mass is 16.5. The van der Waals surface area contributed by atoms with E-state index < -0.39 is 5.97 Å². The lowest BCUT2D eigenvalue weighted by atomic mass is 10.0. The minimum absolute atomic E-state index is 0.0231. The molecule has 0 amide bonds. The van der Waals surface area contributed by atoms with Gasteiger partial charge in [-0.2, -0.15) is 0 Å². The first-order valence-corrected chi connectivity index (χ1v) is 5.32. The van der Waals surface area contributed by atoms with E-state index in [0.29, 0.717) is 30.1 Å². The molecule has 0 bridgehead atoms. The summed E-state index contributed by atoms with van der Waals surface area (Å²) >= 11 is 0. The van der Waals surface area contributed by atoms with Crippen LogP contribution in [0.25, 0.3) is 0 Å². The van der Waals surface area contributed by atoms with Gasteiger partial charge in [-0.05, 0) is 12.1 Å². The van der Waals surface area contributed by atoms with E-state index >= 15 is 0 Å². The van der Waals surface area contributed by atoms with Gasteiger partial charge in [0.25, 0.3) is 0 Å². The first kappa shape index (κ1) is 11.4. The largest absolute Gasteiger partial charge is 0.489 e. The van der Waals surface area contributed by atoms with E-state index in [9.17, 15) is 9.59 Å². The molecule has 0 saturated heterocycles. The van der Waals surface area contributed by atoms with Crippen LogP contribution in [0.2, 0.25) is 0 Å². The zero-order valence-electron chi connectivity index (χ0n) is 9.14. The molecule has 5 heteroatoms. The second-order valence-electron chi connectivity index (χ2n) is 3.65. The SMILES string of the molecule is O=C(O)CCOc1cccc2c1OCCC2=O. The van der Waals surface area contributed by atoms with Crippen molar-refractivity contribution in [1.29, 1.82) is 0 Å². The van der Waals surface area contributed by atoms with E-state index in [4.69, 9.17) is 14.6 Å². The Balaban J connectivity index is 2.15. The number of hydrogen-bond donors (Lipinski definition) is 1. The Labute approximate surface area is 98.0 Å². The number of carboxylic acid groups (broad SMARTS) is 1. The molecular formula is C12H12O5. The third-order valence-electron chi connectivity index (χ3n) is 2.43. The molecule has 1 aliphatic heterocycles. The Morgan fingerprint density at radius 3 is 3.06 bits per heavy atom. The van der Waals surface area contributed by atoms with Crippen LogP contribution >= 0.6 is 0 Å². The highest BCUT2D eigenvalue weighted by Crippen LogP contribution is 2.34. The molecule has 90 valence electrons. The predicted molar refractivity (Wildman–Crippen MR) is 58.6 cm³/mol. The molecule has 0 spiro atoms. The molecule has 0 fully saturated rings. The van der Waals surface area contributed by atoms with E-state index in [1.54, 1.807) is 18.2 Å². The number of carboxylic acids is 1. The first-order valence-electron chi connectivity index (χ1n) is 5.32. The van der Waals surface area contributed by atoms with Crippen LogP contribution < -0.4 is 9.47 Å². The number of hydrogen-bond acceptors (Lipinski definition) is 4. The third kappa shape index (κ3) is 2.55. The van der Waals surface area contributed by atoms with Crippen molar-refractivity contribution in [2.45, 2.75) is 12.8 Å². The number of carbonyl (C=O) groups excluding carboxylic acids is 1. The van der Waals surface area contributed by atoms with Gasteiger partial charge in [0.05, 0.1) is 25.2 Å². The molecule has 17 heavy (non-hydrogen) atoms. The molecule has 1 heterocycles. The molecule has 1 aromatic carbocycles. The van der Waals surface area contributed by atoms with Gasteiger partial charge in [-0.15, -0.1) is 0 Å². The Morgan fingerprint density at radius 2 is 2.29 bits per heavy atom. The molecule has 1 aliphatic rings. The lowest BCUT2D eigenvalue weighted by Gasteiger charge is -2.19. The summed E-state index contributed by atoms with van der Waals surface area (Å²) in [6, 6.07) is 5.04. The van der Waals surface area contributed by atoms with Crippen LogP contribution in [0.1, 0.15) is 23.2 Å². The van der Waals surface area contributed by atoms with Crippen LogP contribution in [0.3, 0.4) is 0 Å². The van der Waals surface area contributed by atoms with Gasteiger partial charge < -0.3 is 14.6 Å². The quantitative estimate of drug-likeness (QED) is 0.857. The lowest BCUT2D eigenvalue weighted by molar-refractivity contribution is -0.137. The molecule has 0 atom stereocenters. The smallest absolute Gasteiger partial charge is 0.306 e. The summed E-state index contributed by atoms with van der Waals surface area (Å²) in [5.41, 5.74) is 0.504. The van der Waals surface area contributed by atoms with Gasteiger partial charge in [-0.3, -0.25) is 9.59 Å². The van der Waals surface area contributed by atoms with Crippen LogP contribution in [0.5, 0.6) is 11.5 Å². The number of aliphatic carboxylic acids is 1. The van der Waals surface area contributed by atoms with Crippen molar-refractivity contribution < 1.29 is 24.2 Å². The maximum Gasteiger partial charge on any atom is 0.306 e. The zero-order valence-corrected chi connectivity index (χ0v) is 9.14. The Kier molecular flexibility index (Phi) is 3.27. The van der Waals surface area contributed by atoms with Crippen LogP contribution in [-0.4, -0.2) is 30.1 Å². The summed E-state index contributed by atoms with van der Waals surface area (Å²) in [4.78, 5) is 22.0. The van der Waals surface area contributed by atoms with Gasteiger partial charge >= 0.3 is 5.97 Å². The second kappa shape index (κ2) is 4.86. The van der Waals surface area contributed by atoms with Crippen molar-refractivity contribution in [3.8, 4) is 11.5 Å². The monoisotopic (exact) mass is 236 g/mol. The summed E-state index contributed by atoms with van der Waals surface area (Å²) in [5.74, 6) is -0.0485. The molecule has 0 radical (unpaired) electrons. The number of benzene rings is 1. The van der Waals surface area contributed by atoms with E-state index in [0.717, 1.165) is 0 Å². The Morgan fingerprint density at radius 1 is 1.47 bits per heavy atom. The fourth-order valence-electron chi connectivity index (χ4n) is 1.63. The average Bonchev–Trinajstić information content (AvgIpc) is 2.30. The van der Waals surface area contributed by atoms with Gasteiger partial charge in [-0.1, -0.05) is 6.07 Å². The number of carbonyl (C=O) groups is 2. The fourth-order valence-corrected chi connectivity index (χ4v) is 1.63. The molecular weight excluding hydrogens is 224 g/mol. The van der Waals surface area contributed by atoms with Crippen molar-refractivity contribution >= 4 is 11.8 Å². The molecule has 0 aliphatic carbocycles. The maximum atomic E-state index is 11.6. The van der Waals surface area contributed by atoms with Crippen molar-refractivity contribution in [2.24, 2.45) is 0 Å². The van der Waals surface area contributed by atoms with Crippen LogP contribution in [0.4, 0.5) is 0 Å². The number of fused-ring (bicyclic) bond motifs is 1. The van der Waals surface area contributed by atoms with Crippen LogP contribution in [-0.2, 0) is 4.79 Å². The topological polar surface area (TPSA) is 72.8 Å². The molecule has 1 aromatic rings. The summed E-state index contributed by atoms with van der Waals surface area (Å²) in [6.07, 6.45) is 0.281. The number of Topliss-reactive ketones (excluding diaryl/α,β-unsaturated/α-hetero) is 1. The third-order valence-corrected chi connectivity index (χ3v) is 2.43. The molecule has 0 saturated carbocycles. The molecule has 0 unspecified atom stereocenters. The Bertz CT molecular complexity index is 452. The van der Waals surface area contributed by atoms with E-state index in [1.165, 1.54) is 0 Å². The first-order chi connectivity index (χ1) is 8.18. The summed E-state index contributed by atoms with van der Waals surface area (Å²) in [6.45, 7) is 0.397. The molecule has 0 aromatic heterocycles. The van der Waals surface area contributed by atoms with Crippen LogP contribution in [0, 0.1) is 0 Å². The summed E-state index contributed by atoms with van der Waals surface area (Å²) < 4.78 is 10.7. The molecule has 1 N–H and O–H groups in total.